The molecule has 0 spiro atoms. The number of hydrogen-bond acceptors (Lipinski definition) is 1. The van der Waals surface area contributed by atoms with Crippen LogP contribution in [0.4, 0.5) is 5.69 Å². The first-order valence-electron chi connectivity index (χ1n) is 7.25. The van der Waals surface area contributed by atoms with Gasteiger partial charge in [0.05, 0.1) is 0 Å². The molecular weight excluding hydrogens is 258 g/mol. The quantitative estimate of drug-likeness (QED) is 0.661. The van der Waals surface area contributed by atoms with E-state index in [4.69, 9.17) is 5.73 Å². The van der Waals surface area contributed by atoms with Crippen molar-refractivity contribution < 1.29 is 0 Å². The SMILES string of the molecule is Cc1cc(C)cc(NC(N)=NCC(C)c2ccccc2)c1. The highest BCUT2D eigenvalue weighted by atomic mass is 15.1. The number of guanidine groups is 1. The molecule has 1 atom stereocenters. The Balaban J connectivity index is 1.98. The topological polar surface area (TPSA) is 50.4 Å². The fourth-order valence-electron chi connectivity index (χ4n) is 2.36. The summed E-state index contributed by atoms with van der Waals surface area (Å²) >= 11 is 0. The molecule has 3 nitrogen and oxygen atoms in total. The van der Waals surface area contributed by atoms with Gasteiger partial charge in [-0.05, 0) is 42.7 Å². The highest BCUT2D eigenvalue weighted by molar-refractivity contribution is 5.92. The molecule has 3 heteroatoms. The molecule has 2 rings (SSSR count). The van der Waals surface area contributed by atoms with Crippen molar-refractivity contribution in [2.24, 2.45) is 10.7 Å². The maximum Gasteiger partial charge on any atom is 0.193 e. The van der Waals surface area contributed by atoms with E-state index in [9.17, 15) is 0 Å². The summed E-state index contributed by atoms with van der Waals surface area (Å²) in [6.45, 7) is 6.97. The molecule has 0 heterocycles. The maximum atomic E-state index is 5.97. The van der Waals surface area contributed by atoms with E-state index in [0.717, 1.165) is 5.69 Å². The predicted molar refractivity (Wildman–Crippen MR) is 90.9 cm³/mol. The summed E-state index contributed by atoms with van der Waals surface area (Å²) in [6, 6.07) is 16.6. The van der Waals surface area contributed by atoms with E-state index >= 15 is 0 Å². The van der Waals surface area contributed by atoms with Crippen LogP contribution in [0.15, 0.2) is 53.5 Å². The number of nitrogens with one attached hydrogen (secondary N) is 1. The van der Waals surface area contributed by atoms with Gasteiger partial charge in [0, 0.05) is 18.2 Å². The molecule has 0 aromatic heterocycles. The Kier molecular flexibility index (Phi) is 4.99. The summed E-state index contributed by atoms with van der Waals surface area (Å²) in [7, 11) is 0. The number of benzene rings is 2. The minimum atomic E-state index is 0.353. The van der Waals surface area contributed by atoms with Gasteiger partial charge in [0.25, 0.3) is 0 Å². The first kappa shape index (κ1) is 15.1. The number of rotatable bonds is 4. The van der Waals surface area contributed by atoms with Crippen molar-refractivity contribution in [3.8, 4) is 0 Å². The fourth-order valence-corrected chi connectivity index (χ4v) is 2.36. The van der Waals surface area contributed by atoms with Crippen molar-refractivity contribution in [1.29, 1.82) is 0 Å². The van der Waals surface area contributed by atoms with Gasteiger partial charge in [-0.1, -0.05) is 43.3 Å². The van der Waals surface area contributed by atoms with Crippen molar-refractivity contribution in [2.75, 3.05) is 11.9 Å². The van der Waals surface area contributed by atoms with E-state index in [-0.39, 0.29) is 0 Å². The van der Waals surface area contributed by atoms with Crippen LogP contribution in [0.5, 0.6) is 0 Å². The van der Waals surface area contributed by atoms with Crippen LogP contribution in [0.3, 0.4) is 0 Å². The van der Waals surface area contributed by atoms with Crippen molar-refractivity contribution in [3.05, 3.63) is 65.2 Å². The van der Waals surface area contributed by atoms with Gasteiger partial charge in [-0.25, -0.2) is 0 Å². The lowest BCUT2D eigenvalue weighted by molar-refractivity contribution is 0.774. The lowest BCUT2D eigenvalue weighted by atomic mass is 10.0. The number of aliphatic imine (C=N–C) groups is 1. The van der Waals surface area contributed by atoms with Gasteiger partial charge >= 0.3 is 0 Å². The summed E-state index contributed by atoms with van der Waals surface area (Å²) in [5, 5.41) is 3.16. The Morgan fingerprint density at radius 2 is 1.71 bits per heavy atom. The Morgan fingerprint density at radius 3 is 2.33 bits per heavy atom. The van der Waals surface area contributed by atoms with E-state index in [2.05, 4.69) is 61.4 Å². The summed E-state index contributed by atoms with van der Waals surface area (Å²) in [5.41, 5.74) is 10.7. The molecule has 110 valence electrons. The summed E-state index contributed by atoms with van der Waals surface area (Å²) < 4.78 is 0. The summed E-state index contributed by atoms with van der Waals surface area (Å²) in [4.78, 5) is 4.44. The molecule has 3 N–H and O–H groups in total. The molecule has 0 saturated carbocycles. The highest BCUT2D eigenvalue weighted by Gasteiger charge is 2.04. The second kappa shape index (κ2) is 6.93. The van der Waals surface area contributed by atoms with E-state index in [1.807, 2.05) is 18.2 Å². The molecule has 0 amide bonds. The largest absolute Gasteiger partial charge is 0.370 e. The first-order valence-corrected chi connectivity index (χ1v) is 7.25. The molecule has 0 aliphatic rings. The average Bonchev–Trinajstić information content (AvgIpc) is 2.44. The smallest absolute Gasteiger partial charge is 0.193 e. The Bertz CT molecular complexity index is 597. The molecule has 0 fully saturated rings. The summed E-state index contributed by atoms with van der Waals surface area (Å²) in [6.07, 6.45) is 0. The van der Waals surface area contributed by atoms with Crippen molar-refractivity contribution in [3.63, 3.8) is 0 Å². The zero-order valence-corrected chi connectivity index (χ0v) is 12.9. The fraction of sp³-hybridized carbons (Fsp3) is 0.278. The van der Waals surface area contributed by atoms with Gasteiger partial charge in [-0.15, -0.1) is 0 Å². The number of hydrogen-bond donors (Lipinski definition) is 2. The van der Waals surface area contributed by atoms with Crippen molar-refractivity contribution >= 4 is 11.6 Å². The van der Waals surface area contributed by atoms with Gasteiger partial charge in [0.1, 0.15) is 0 Å². The molecule has 0 aliphatic carbocycles. The van der Waals surface area contributed by atoms with Crippen LogP contribution in [0.1, 0.15) is 29.5 Å². The second-order valence-electron chi connectivity index (χ2n) is 5.54. The third-order valence-corrected chi connectivity index (χ3v) is 3.40. The molecular formula is C18H23N3. The van der Waals surface area contributed by atoms with Gasteiger partial charge in [0.2, 0.25) is 0 Å². The molecule has 0 saturated heterocycles. The van der Waals surface area contributed by atoms with Crippen molar-refractivity contribution in [1.82, 2.24) is 0 Å². The van der Waals surface area contributed by atoms with Gasteiger partial charge in [-0.3, -0.25) is 4.99 Å². The van der Waals surface area contributed by atoms with E-state index < -0.39 is 0 Å². The van der Waals surface area contributed by atoms with Gasteiger partial charge < -0.3 is 11.1 Å². The molecule has 21 heavy (non-hydrogen) atoms. The maximum absolute atomic E-state index is 5.97. The van der Waals surface area contributed by atoms with Crippen LogP contribution >= 0.6 is 0 Å². The number of anilines is 1. The molecule has 0 bridgehead atoms. The normalized spacial score (nSPS) is 13.0. The first-order chi connectivity index (χ1) is 10.0. The molecule has 1 unspecified atom stereocenters. The Morgan fingerprint density at radius 1 is 1.10 bits per heavy atom. The third-order valence-electron chi connectivity index (χ3n) is 3.40. The second-order valence-corrected chi connectivity index (χ2v) is 5.54. The van der Waals surface area contributed by atoms with Crippen LogP contribution in [0, 0.1) is 13.8 Å². The van der Waals surface area contributed by atoms with Crippen LogP contribution in [0.2, 0.25) is 0 Å². The summed E-state index contributed by atoms with van der Waals surface area (Å²) in [5.74, 6) is 0.813. The zero-order valence-electron chi connectivity index (χ0n) is 12.9. The predicted octanol–water partition coefficient (Wildman–Crippen LogP) is 3.83. The van der Waals surface area contributed by atoms with Crippen LogP contribution in [0.25, 0.3) is 0 Å². The average molecular weight is 281 g/mol. The van der Waals surface area contributed by atoms with Gasteiger partial charge in [0.15, 0.2) is 5.96 Å². The third kappa shape index (κ3) is 4.63. The Labute approximate surface area is 126 Å². The van der Waals surface area contributed by atoms with E-state index in [1.165, 1.54) is 16.7 Å². The number of nitrogens with zero attached hydrogens (tertiary/aromatic N) is 1. The van der Waals surface area contributed by atoms with E-state index in [1.54, 1.807) is 0 Å². The molecule has 2 aromatic carbocycles. The lowest BCUT2D eigenvalue weighted by Crippen LogP contribution is -2.23. The number of nitrogens with two attached hydrogens (primary N) is 1. The van der Waals surface area contributed by atoms with Crippen molar-refractivity contribution in [2.45, 2.75) is 26.7 Å². The van der Waals surface area contributed by atoms with E-state index in [0.29, 0.717) is 18.4 Å². The number of aryl methyl sites for hydroxylation is 2. The molecule has 0 aliphatic heterocycles. The monoisotopic (exact) mass is 281 g/mol. The minimum absolute atomic E-state index is 0.353. The van der Waals surface area contributed by atoms with Gasteiger partial charge in [-0.2, -0.15) is 0 Å². The minimum Gasteiger partial charge on any atom is -0.370 e. The Hall–Kier alpha value is -2.29. The van der Waals surface area contributed by atoms with Crippen LogP contribution < -0.4 is 11.1 Å². The van der Waals surface area contributed by atoms with Crippen LogP contribution in [-0.2, 0) is 0 Å². The van der Waals surface area contributed by atoms with Crippen LogP contribution in [-0.4, -0.2) is 12.5 Å². The molecule has 0 radical (unpaired) electrons. The molecule has 2 aromatic rings. The standard InChI is InChI=1S/C18H23N3/c1-13-9-14(2)11-17(10-13)21-18(19)20-12-15(3)16-7-5-4-6-8-16/h4-11,15H,12H2,1-3H3,(H3,19,20,21). The lowest BCUT2D eigenvalue weighted by Gasteiger charge is -2.11. The highest BCUT2D eigenvalue weighted by Crippen LogP contribution is 2.15. The zero-order chi connectivity index (χ0) is 15.2.